The van der Waals surface area contributed by atoms with Crippen LogP contribution in [0.1, 0.15) is 11.1 Å². The minimum Gasteiger partial charge on any atom is -0.369 e. The summed E-state index contributed by atoms with van der Waals surface area (Å²) in [6.07, 6.45) is 1.22. The Balaban J connectivity index is 1.52. The van der Waals surface area contributed by atoms with Crippen molar-refractivity contribution in [3.8, 4) is 0 Å². The van der Waals surface area contributed by atoms with E-state index in [1.54, 1.807) is 0 Å². The van der Waals surface area contributed by atoms with Crippen molar-refractivity contribution in [1.29, 1.82) is 0 Å². The van der Waals surface area contributed by atoms with Crippen LogP contribution < -0.4 is 15.5 Å². The molecular weight excluding hydrogens is 406 g/mol. The molecule has 2 heterocycles. The number of anilines is 5. The molecule has 0 saturated carbocycles. The fourth-order valence-corrected chi connectivity index (χ4v) is 3.79. The maximum Gasteiger partial charge on any atom is 0.329 e. The molecule has 1 aliphatic heterocycles. The van der Waals surface area contributed by atoms with E-state index in [0.717, 1.165) is 48.7 Å². The van der Waals surface area contributed by atoms with Crippen molar-refractivity contribution >= 4 is 34.5 Å². The van der Waals surface area contributed by atoms with Crippen LogP contribution in [0.5, 0.6) is 0 Å². The highest BCUT2D eigenvalue weighted by Gasteiger charge is 2.18. The molecule has 9 heteroatoms. The van der Waals surface area contributed by atoms with Gasteiger partial charge in [-0.2, -0.15) is 4.98 Å². The SMILES string of the molecule is Cc1cc(C)cc(Nc2nc(Nc3ccc(N4CCN(C)CC4)cc3)ncc2[N+](=O)[O-])c1. The van der Waals surface area contributed by atoms with Gasteiger partial charge in [0.15, 0.2) is 0 Å². The van der Waals surface area contributed by atoms with Gasteiger partial charge in [-0.05, 0) is 68.4 Å². The van der Waals surface area contributed by atoms with Gasteiger partial charge in [-0.25, -0.2) is 4.98 Å². The van der Waals surface area contributed by atoms with E-state index in [9.17, 15) is 10.1 Å². The number of nitro groups is 1. The summed E-state index contributed by atoms with van der Waals surface area (Å²) < 4.78 is 0. The van der Waals surface area contributed by atoms with E-state index < -0.39 is 4.92 Å². The van der Waals surface area contributed by atoms with Crippen LogP contribution in [0.15, 0.2) is 48.7 Å². The van der Waals surface area contributed by atoms with Gasteiger partial charge in [0, 0.05) is 43.2 Å². The number of piperazine rings is 1. The fourth-order valence-electron chi connectivity index (χ4n) is 3.79. The first kappa shape index (κ1) is 21.5. The van der Waals surface area contributed by atoms with Gasteiger partial charge in [0.25, 0.3) is 0 Å². The maximum absolute atomic E-state index is 11.5. The molecule has 2 N–H and O–H groups in total. The van der Waals surface area contributed by atoms with Crippen molar-refractivity contribution in [3.63, 3.8) is 0 Å². The molecule has 9 nitrogen and oxygen atoms in total. The van der Waals surface area contributed by atoms with Crippen molar-refractivity contribution in [2.75, 3.05) is 48.8 Å². The number of hydrogen-bond donors (Lipinski definition) is 2. The van der Waals surface area contributed by atoms with Gasteiger partial charge in [0.05, 0.1) is 4.92 Å². The average Bonchev–Trinajstić information content (AvgIpc) is 2.74. The summed E-state index contributed by atoms with van der Waals surface area (Å²) in [4.78, 5) is 24.2. The van der Waals surface area contributed by atoms with E-state index in [4.69, 9.17) is 0 Å². The highest BCUT2D eigenvalue weighted by Crippen LogP contribution is 2.28. The molecule has 0 amide bonds. The van der Waals surface area contributed by atoms with Crippen LogP contribution in [0, 0.1) is 24.0 Å². The summed E-state index contributed by atoms with van der Waals surface area (Å²) in [5, 5.41) is 17.7. The Morgan fingerprint density at radius 2 is 1.59 bits per heavy atom. The van der Waals surface area contributed by atoms with E-state index in [1.165, 1.54) is 11.9 Å². The lowest BCUT2D eigenvalue weighted by atomic mass is 10.1. The molecule has 1 saturated heterocycles. The van der Waals surface area contributed by atoms with E-state index in [0.29, 0.717) is 0 Å². The van der Waals surface area contributed by atoms with Crippen LogP contribution in [0.2, 0.25) is 0 Å². The quantitative estimate of drug-likeness (QED) is 0.440. The number of aromatic nitrogens is 2. The van der Waals surface area contributed by atoms with Gasteiger partial charge in [-0.1, -0.05) is 6.07 Å². The van der Waals surface area contributed by atoms with Crippen LogP contribution in [0.3, 0.4) is 0 Å². The zero-order chi connectivity index (χ0) is 22.7. The molecular formula is C23H27N7O2. The normalized spacial score (nSPS) is 14.3. The van der Waals surface area contributed by atoms with E-state index in [1.807, 2.05) is 44.2 Å². The van der Waals surface area contributed by atoms with Gasteiger partial charge >= 0.3 is 5.69 Å². The second-order valence-corrected chi connectivity index (χ2v) is 8.15. The minimum atomic E-state index is -0.486. The van der Waals surface area contributed by atoms with Crippen molar-refractivity contribution in [1.82, 2.24) is 14.9 Å². The molecule has 0 bridgehead atoms. The molecule has 0 atom stereocenters. The first-order valence-electron chi connectivity index (χ1n) is 10.5. The molecule has 1 aromatic heterocycles. The number of benzene rings is 2. The number of nitrogens with zero attached hydrogens (tertiary/aromatic N) is 5. The Kier molecular flexibility index (Phi) is 6.18. The summed E-state index contributed by atoms with van der Waals surface area (Å²) in [7, 11) is 2.14. The van der Waals surface area contributed by atoms with Gasteiger partial charge in [-0.3, -0.25) is 10.1 Å². The standard InChI is InChI=1S/C23H27N7O2/c1-16-12-17(2)14-19(13-16)25-22-21(30(31)32)15-24-23(27-22)26-18-4-6-20(7-5-18)29-10-8-28(3)9-11-29/h4-7,12-15H,8-11H2,1-3H3,(H2,24,25,26,27). The predicted molar refractivity (Wildman–Crippen MR) is 127 cm³/mol. The lowest BCUT2D eigenvalue weighted by Gasteiger charge is -2.34. The summed E-state index contributed by atoms with van der Waals surface area (Å²) in [5.41, 5.74) is 4.66. The van der Waals surface area contributed by atoms with E-state index in [2.05, 4.69) is 49.6 Å². The zero-order valence-electron chi connectivity index (χ0n) is 18.5. The monoisotopic (exact) mass is 433 g/mol. The van der Waals surface area contributed by atoms with E-state index in [-0.39, 0.29) is 17.5 Å². The summed E-state index contributed by atoms with van der Waals surface area (Å²) in [5.74, 6) is 0.432. The molecule has 0 radical (unpaired) electrons. The Morgan fingerprint density at radius 1 is 0.938 bits per heavy atom. The summed E-state index contributed by atoms with van der Waals surface area (Å²) in [6, 6.07) is 13.9. The molecule has 1 aliphatic rings. The second kappa shape index (κ2) is 9.19. The first-order valence-corrected chi connectivity index (χ1v) is 10.5. The highest BCUT2D eigenvalue weighted by atomic mass is 16.6. The lowest BCUT2D eigenvalue weighted by molar-refractivity contribution is -0.384. The molecule has 0 unspecified atom stereocenters. The van der Waals surface area contributed by atoms with Crippen molar-refractivity contribution in [3.05, 3.63) is 69.9 Å². The van der Waals surface area contributed by atoms with Crippen LogP contribution in [0.25, 0.3) is 0 Å². The molecule has 166 valence electrons. The number of hydrogen-bond acceptors (Lipinski definition) is 8. The van der Waals surface area contributed by atoms with Crippen molar-refractivity contribution in [2.24, 2.45) is 0 Å². The molecule has 3 aromatic rings. The third-order valence-electron chi connectivity index (χ3n) is 5.44. The van der Waals surface area contributed by atoms with Crippen LogP contribution >= 0.6 is 0 Å². The number of aryl methyl sites for hydroxylation is 2. The van der Waals surface area contributed by atoms with Crippen LogP contribution in [-0.4, -0.2) is 53.0 Å². The molecule has 1 fully saturated rings. The van der Waals surface area contributed by atoms with Crippen molar-refractivity contribution in [2.45, 2.75) is 13.8 Å². The molecule has 0 aliphatic carbocycles. The topological polar surface area (TPSA) is 99.5 Å². The van der Waals surface area contributed by atoms with Crippen LogP contribution in [-0.2, 0) is 0 Å². The second-order valence-electron chi connectivity index (χ2n) is 8.15. The first-order chi connectivity index (χ1) is 15.4. The Morgan fingerprint density at radius 3 is 2.22 bits per heavy atom. The van der Waals surface area contributed by atoms with Gasteiger partial charge in [-0.15, -0.1) is 0 Å². The Bertz CT molecular complexity index is 1090. The summed E-state index contributed by atoms with van der Waals surface area (Å²) >= 11 is 0. The zero-order valence-corrected chi connectivity index (χ0v) is 18.5. The third-order valence-corrected chi connectivity index (χ3v) is 5.44. The predicted octanol–water partition coefficient (Wildman–Crippen LogP) is 4.24. The van der Waals surface area contributed by atoms with E-state index >= 15 is 0 Å². The smallest absolute Gasteiger partial charge is 0.329 e. The molecule has 4 rings (SSSR count). The van der Waals surface area contributed by atoms with Crippen LogP contribution in [0.4, 0.5) is 34.5 Å². The molecule has 32 heavy (non-hydrogen) atoms. The number of nitrogens with one attached hydrogen (secondary N) is 2. The lowest BCUT2D eigenvalue weighted by Crippen LogP contribution is -2.44. The van der Waals surface area contributed by atoms with Gasteiger partial charge in [0.1, 0.15) is 6.20 Å². The fraction of sp³-hybridized carbons (Fsp3) is 0.304. The van der Waals surface area contributed by atoms with Crippen molar-refractivity contribution < 1.29 is 4.92 Å². The Labute approximate surface area is 187 Å². The number of rotatable bonds is 6. The maximum atomic E-state index is 11.5. The van der Waals surface area contributed by atoms with Gasteiger partial charge < -0.3 is 20.4 Å². The highest BCUT2D eigenvalue weighted by molar-refractivity contribution is 5.68. The Hall–Kier alpha value is -3.72. The largest absolute Gasteiger partial charge is 0.369 e. The van der Waals surface area contributed by atoms with Gasteiger partial charge in [0.2, 0.25) is 11.8 Å². The average molecular weight is 434 g/mol. The summed E-state index contributed by atoms with van der Waals surface area (Å²) in [6.45, 7) is 8.06. The number of likely N-dealkylation sites (N-methyl/N-ethyl adjacent to an activating group) is 1. The molecule has 2 aromatic carbocycles. The third kappa shape index (κ3) is 5.12. The minimum absolute atomic E-state index is 0.145. The molecule has 0 spiro atoms.